The number of benzene rings is 1. The summed E-state index contributed by atoms with van der Waals surface area (Å²) in [6.07, 6.45) is 1.90. The first kappa shape index (κ1) is 16.7. The predicted molar refractivity (Wildman–Crippen MR) is 84.7 cm³/mol. The van der Waals surface area contributed by atoms with Crippen molar-refractivity contribution < 1.29 is 23.4 Å². The number of hydrogen-bond donors (Lipinski definition) is 3. The molecule has 0 saturated heterocycles. The van der Waals surface area contributed by atoms with Crippen LogP contribution < -0.4 is 4.72 Å². The standard InChI is InChI=1S/C13H16INO5S/c14-11-5-4-9(6-10(11)13(17)18)21(19,20)15-7-8-2-1-3-12(8)16/h4-6,8,12,15-16H,1-3,7H2,(H,17,18). The van der Waals surface area contributed by atoms with Crippen molar-refractivity contribution in [2.75, 3.05) is 6.54 Å². The molecular formula is C13H16INO5S. The van der Waals surface area contributed by atoms with Crippen molar-refractivity contribution in [1.82, 2.24) is 4.72 Å². The molecule has 0 heterocycles. The Balaban J connectivity index is 2.15. The summed E-state index contributed by atoms with van der Waals surface area (Å²) in [4.78, 5) is 11.0. The normalized spacial score (nSPS) is 22.4. The Morgan fingerprint density at radius 2 is 2.10 bits per heavy atom. The molecule has 1 aliphatic carbocycles. The zero-order chi connectivity index (χ0) is 15.6. The first-order valence-corrected chi connectivity index (χ1v) is 9.08. The van der Waals surface area contributed by atoms with Crippen LogP contribution in [-0.2, 0) is 10.0 Å². The van der Waals surface area contributed by atoms with Crippen LogP contribution in [0, 0.1) is 9.49 Å². The van der Waals surface area contributed by atoms with Crippen LogP contribution in [0.15, 0.2) is 23.1 Å². The van der Waals surface area contributed by atoms with Crippen LogP contribution in [0.3, 0.4) is 0 Å². The van der Waals surface area contributed by atoms with Crippen molar-refractivity contribution in [3.63, 3.8) is 0 Å². The van der Waals surface area contributed by atoms with Crippen LogP contribution in [0.5, 0.6) is 0 Å². The van der Waals surface area contributed by atoms with Gasteiger partial charge in [-0.1, -0.05) is 6.42 Å². The monoisotopic (exact) mass is 425 g/mol. The summed E-state index contributed by atoms with van der Waals surface area (Å²) in [5.41, 5.74) is -0.0422. The predicted octanol–water partition coefficient (Wildman–Crippen LogP) is 1.43. The van der Waals surface area contributed by atoms with E-state index in [1.807, 2.05) is 22.6 Å². The Morgan fingerprint density at radius 3 is 2.67 bits per heavy atom. The van der Waals surface area contributed by atoms with Gasteiger partial charge in [-0.15, -0.1) is 0 Å². The lowest BCUT2D eigenvalue weighted by molar-refractivity contribution is 0.0695. The number of aliphatic hydroxyl groups excluding tert-OH is 1. The number of hydrogen-bond acceptors (Lipinski definition) is 4. The molecule has 0 bridgehead atoms. The van der Waals surface area contributed by atoms with Gasteiger partial charge >= 0.3 is 5.97 Å². The molecule has 116 valence electrons. The van der Waals surface area contributed by atoms with E-state index in [-0.39, 0.29) is 22.9 Å². The van der Waals surface area contributed by atoms with E-state index in [9.17, 15) is 18.3 Å². The fourth-order valence-corrected chi connectivity index (χ4v) is 4.08. The van der Waals surface area contributed by atoms with Gasteiger partial charge in [0.15, 0.2) is 0 Å². The molecule has 1 aromatic rings. The van der Waals surface area contributed by atoms with Crippen LogP contribution in [0.1, 0.15) is 29.6 Å². The first-order valence-electron chi connectivity index (χ1n) is 6.52. The topological polar surface area (TPSA) is 104 Å². The average Bonchev–Trinajstić information content (AvgIpc) is 2.82. The van der Waals surface area contributed by atoms with Gasteiger partial charge in [-0.05, 0) is 59.5 Å². The summed E-state index contributed by atoms with van der Waals surface area (Å²) in [6, 6.07) is 3.99. The number of carbonyl (C=O) groups is 1. The maximum Gasteiger partial charge on any atom is 0.336 e. The van der Waals surface area contributed by atoms with Gasteiger partial charge in [-0.2, -0.15) is 0 Å². The lowest BCUT2D eigenvalue weighted by atomic mass is 10.1. The number of rotatable bonds is 5. The SMILES string of the molecule is O=C(O)c1cc(S(=O)(=O)NCC2CCCC2O)ccc1I. The highest BCUT2D eigenvalue weighted by Gasteiger charge is 2.27. The van der Waals surface area contributed by atoms with Gasteiger partial charge in [0.1, 0.15) is 0 Å². The number of carboxylic acid groups (broad SMARTS) is 1. The summed E-state index contributed by atoms with van der Waals surface area (Å²) in [7, 11) is -3.77. The highest BCUT2D eigenvalue weighted by atomic mass is 127. The maximum absolute atomic E-state index is 12.2. The zero-order valence-electron chi connectivity index (χ0n) is 11.1. The van der Waals surface area contributed by atoms with E-state index >= 15 is 0 Å². The number of aromatic carboxylic acids is 1. The average molecular weight is 425 g/mol. The van der Waals surface area contributed by atoms with E-state index in [0.29, 0.717) is 9.99 Å². The lowest BCUT2D eigenvalue weighted by Gasteiger charge is -2.15. The highest BCUT2D eigenvalue weighted by molar-refractivity contribution is 14.1. The summed E-state index contributed by atoms with van der Waals surface area (Å²) in [6.45, 7) is 0.165. The quantitative estimate of drug-likeness (QED) is 0.620. The summed E-state index contributed by atoms with van der Waals surface area (Å²) < 4.78 is 27.3. The summed E-state index contributed by atoms with van der Waals surface area (Å²) in [5.74, 6) is -1.25. The fraction of sp³-hybridized carbons (Fsp3) is 0.462. The van der Waals surface area contributed by atoms with Gasteiger partial charge in [0.05, 0.1) is 16.6 Å². The minimum atomic E-state index is -3.77. The second-order valence-corrected chi connectivity index (χ2v) is 7.99. The molecule has 1 aliphatic rings. The Kier molecular flexibility index (Phi) is 5.23. The first-order chi connectivity index (χ1) is 9.81. The Morgan fingerprint density at radius 1 is 1.38 bits per heavy atom. The van der Waals surface area contributed by atoms with E-state index in [2.05, 4.69) is 4.72 Å². The van der Waals surface area contributed by atoms with Gasteiger partial charge in [-0.25, -0.2) is 17.9 Å². The third-order valence-corrected chi connectivity index (χ3v) is 5.99. The van der Waals surface area contributed by atoms with Gasteiger partial charge in [-0.3, -0.25) is 0 Å². The van der Waals surface area contributed by atoms with Crippen LogP contribution in [0.4, 0.5) is 0 Å². The second-order valence-electron chi connectivity index (χ2n) is 5.06. The molecule has 0 radical (unpaired) electrons. The summed E-state index contributed by atoms with van der Waals surface area (Å²) in [5, 5.41) is 18.7. The Bertz CT molecular complexity index is 646. The van der Waals surface area contributed by atoms with Gasteiger partial charge in [0.2, 0.25) is 10.0 Å². The number of carboxylic acids is 1. The third kappa shape index (κ3) is 3.93. The van der Waals surface area contributed by atoms with Crippen molar-refractivity contribution >= 4 is 38.6 Å². The van der Waals surface area contributed by atoms with E-state index < -0.39 is 22.1 Å². The van der Waals surface area contributed by atoms with Gasteiger partial charge in [0, 0.05) is 10.1 Å². The van der Waals surface area contributed by atoms with Crippen LogP contribution in [0.2, 0.25) is 0 Å². The van der Waals surface area contributed by atoms with Gasteiger partial charge in [0.25, 0.3) is 0 Å². The molecule has 21 heavy (non-hydrogen) atoms. The molecule has 2 unspecified atom stereocenters. The molecule has 0 amide bonds. The van der Waals surface area contributed by atoms with E-state index in [1.165, 1.54) is 12.1 Å². The van der Waals surface area contributed by atoms with Crippen molar-refractivity contribution in [2.24, 2.45) is 5.92 Å². The zero-order valence-corrected chi connectivity index (χ0v) is 14.1. The second kappa shape index (κ2) is 6.59. The molecule has 1 saturated carbocycles. The van der Waals surface area contributed by atoms with Crippen molar-refractivity contribution in [1.29, 1.82) is 0 Å². The molecule has 0 aliphatic heterocycles. The number of aliphatic hydroxyl groups is 1. The third-order valence-electron chi connectivity index (χ3n) is 3.63. The molecule has 3 N–H and O–H groups in total. The number of halogens is 1. The van der Waals surface area contributed by atoms with Crippen molar-refractivity contribution in [2.45, 2.75) is 30.3 Å². The van der Waals surface area contributed by atoms with Crippen molar-refractivity contribution in [3.8, 4) is 0 Å². The molecule has 6 nitrogen and oxygen atoms in total. The van der Waals surface area contributed by atoms with E-state index in [1.54, 1.807) is 0 Å². The minimum Gasteiger partial charge on any atom is -0.478 e. The van der Waals surface area contributed by atoms with Crippen molar-refractivity contribution in [3.05, 3.63) is 27.3 Å². The highest BCUT2D eigenvalue weighted by Crippen LogP contribution is 2.25. The van der Waals surface area contributed by atoms with Crippen LogP contribution >= 0.6 is 22.6 Å². The number of nitrogens with one attached hydrogen (secondary N) is 1. The minimum absolute atomic E-state index is 0.0422. The molecule has 2 rings (SSSR count). The smallest absolute Gasteiger partial charge is 0.336 e. The Hall–Kier alpha value is -0.710. The van der Waals surface area contributed by atoms with Crippen LogP contribution in [0.25, 0.3) is 0 Å². The molecule has 1 fully saturated rings. The molecule has 1 aromatic carbocycles. The number of sulfonamides is 1. The molecular weight excluding hydrogens is 409 g/mol. The van der Waals surface area contributed by atoms with E-state index in [4.69, 9.17) is 5.11 Å². The molecule has 0 spiro atoms. The Labute approximate surface area is 136 Å². The molecule has 8 heteroatoms. The lowest BCUT2D eigenvalue weighted by Crippen LogP contribution is -2.32. The largest absolute Gasteiger partial charge is 0.478 e. The van der Waals surface area contributed by atoms with Gasteiger partial charge < -0.3 is 10.2 Å². The van der Waals surface area contributed by atoms with Crippen LogP contribution in [-0.4, -0.2) is 37.2 Å². The maximum atomic E-state index is 12.2. The van der Waals surface area contributed by atoms with E-state index in [0.717, 1.165) is 18.9 Å². The fourth-order valence-electron chi connectivity index (χ4n) is 2.39. The summed E-state index contributed by atoms with van der Waals surface area (Å²) >= 11 is 1.85. The molecule has 0 aromatic heterocycles. The molecule has 2 atom stereocenters.